The van der Waals surface area contributed by atoms with E-state index in [9.17, 15) is 9.59 Å². The molecule has 0 radical (unpaired) electrons. The third-order valence-electron chi connectivity index (χ3n) is 1.92. The molecule has 3 heteroatoms. The lowest BCUT2D eigenvalue weighted by Crippen LogP contribution is -1.99. The molecule has 0 fully saturated rings. The maximum absolute atomic E-state index is 11.1. The van der Waals surface area contributed by atoms with Crippen LogP contribution in [-0.2, 0) is 0 Å². The van der Waals surface area contributed by atoms with Crippen molar-refractivity contribution in [2.45, 2.75) is 13.8 Å². The average Bonchev–Trinajstić information content (AvgIpc) is 2.08. The van der Waals surface area contributed by atoms with Crippen LogP contribution in [0.2, 0.25) is 5.02 Å². The van der Waals surface area contributed by atoms with Crippen LogP contribution in [0.3, 0.4) is 0 Å². The van der Waals surface area contributed by atoms with E-state index in [4.69, 9.17) is 11.6 Å². The molecule has 1 aromatic carbocycles. The predicted molar refractivity (Wildman–Crippen MR) is 51.6 cm³/mol. The van der Waals surface area contributed by atoms with Crippen LogP contribution in [0.15, 0.2) is 12.1 Å². The average molecular weight is 197 g/mol. The predicted octanol–water partition coefficient (Wildman–Crippen LogP) is 2.66. The highest BCUT2D eigenvalue weighted by Crippen LogP contribution is 2.19. The van der Waals surface area contributed by atoms with Crippen molar-refractivity contribution < 1.29 is 9.59 Å². The SMILES string of the molecule is CC(=O)c1cc(Cl)cc(C=O)c1C. The quantitative estimate of drug-likeness (QED) is 0.538. The molecule has 0 aliphatic carbocycles. The Balaban J connectivity index is 3.44. The summed E-state index contributed by atoms with van der Waals surface area (Å²) in [5.41, 5.74) is 1.67. The maximum Gasteiger partial charge on any atom is 0.160 e. The van der Waals surface area contributed by atoms with Gasteiger partial charge >= 0.3 is 0 Å². The van der Waals surface area contributed by atoms with Crippen molar-refractivity contribution in [1.29, 1.82) is 0 Å². The number of rotatable bonds is 2. The highest BCUT2D eigenvalue weighted by Gasteiger charge is 2.08. The first-order chi connectivity index (χ1) is 6.06. The van der Waals surface area contributed by atoms with Gasteiger partial charge in [0.15, 0.2) is 5.78 Å². The van der Waals surface area contributed by atoms with Gasteiger partial charge in [-0.3, -0.25) is 9.59 Å². The first-order valence-electron chi connectivity index (χ1n) is 3.82. The summed E-state index contributed by atoms with van der Waals surface area (Å²) in [4.78, 5) is 21.7. The van der Waals surface area contributed by atoms with Crippen LogP contribution in [0.25, 0.3) is 0 Å². The number of aldehydes is 1. The normalized spacial score (nSPS) is 9.77. The number of carbonyl (C=O) groups is 2. The second kappa shape index (κ2) is 3.71. The van der Waals surface area contributed by atoms with Crippen LogP contribution in [-0.4, -0.2) is 12.1 Å². The molecule has 0 atom stereocenters. The van der Waals surface area contributed by atoms with Gasteiger partial charge in [0.25, 0.3) is 0 Å². The molecule has 1 rings (SSSR count). The Morgan fingerprint density at radius 2 is 2.08 bits per heavy atom. The fourth-order valence-electron chi connectivity index (χ4n) is 1.19. The molecule has 2 nitrogen and oxygen atoms in total. The van der Waals surface area contributed by atoms with E-state index >= 15 is 0 Å². The molecule has 0 bridgehead atoms. The number of Topliss-reactive ketones (excluding diaryl/α,β-unsaturated/α-hetero) is 1. The summed E-state index contributed by atoms with van der Waals surface area (Å²) in [6.45, 7) is 3.18. The number of hydrogen-bond acceptors (Lipinski definition) is 2. The second-order valence-electron chi connectivity index (χ2n) is 2.84. The molecule has 0 unspecified atom stereocenters. The summed E-state index contributed by atoms with van der Waals surface area (Å²) in [5.74, 6) is -0.0805. The zero-order valence-electron chi connectivity index (χ0n) is 7.43. The van der Waals surface area contributed by atoms with E-state index in [1.54, 1.807) is 19.1 Å². The summed E-state index contributed by atoms with van der Waals surface area (Å²) in [6, 6.07) is 3.13. The van der Waals surface area contributed by atoms with Gasteiger partial charge < -0.3 is 0 Å². The minimum absolute atomic E-state index is 0.0805. The van der Waals surface area contributed by atoms with Gasteiger partial charge in [-0.1, -0.05) is 11.6 Å². The van der Waals surface area contributed by atoms with Crippen LogP contribution < -0.4 is 0 Å². The van der Waals surface area contributed by atoms with E-state index in [2.05, 4.69) is 0 Å². The Bertz CT molecular complexity index is 369. The Morgan fingerprint density at radius 1 is 1.46 bits per heavy atom. The van der Waals surface area contributed by atoms with E-state index in [1.807, 2.05) is 0 Å². The summed E-state index contributed by atoms with van der Waals surface area (Å²) < 4.78 is 0. The lowest BCUT2D eigenvalue weighted by atomic mass is 10.0. The smallest absolute Gasteiger partial charge is 0.160 e. The molecule has 0 heterocycles. The highest BCUT2D eigenvalue weighted by atomic mass is 35.5. The zero-order valence-corrected chi connectivity index (χ0v) is 8.18. The molecule has 0 amide bonds. The standard InChI is InChI=1S/C10H9ClO2/c1-6-8(5-12)3-9(11)4-10(6)7(2)13/h3-5H,1-2H3. The number of ketones is 1. The van der Waals surface area contributed by atoms with Crippen LogP contribution in [0.5, 0.6) is 0 Å². The molecule has 1 aromatic rings. The Morgan fingerprint density at radius 3 is 2.54 bits per heavy atom. The van der Waals surface area contributed by atoms with Crippen molar-refractivity contribution in [3.63, 3.8) is 0 Å². The van der Waals surface area contributed by atoms with Crippen molar-refractivity contribution in [1.82, 2.24) is 0 Å². The minimum Gasteiger partial charge on any atom is -0.298 e. The van der Waals surface area contributed by atoms with Crippen LogP contribution in [0, 0.1) is 6.92 Å². The molecule has 0 aromatic heterocycles. The molecule has 0 saturated heterocycles. The van der Waals surface area contributed by atoms with Gasteiger partial charge in [0, 0.05) is 16.1 Å². The van der Waals surface area contributed by atoms with Gasteiger partial charge in [-0.2, -0.15) is 0 Å². The molecule has 13 heavy (non-hydrogen) atoms. The number of hydrogen-bond donors (Lipinski definition) is 0. The molecular weight excluding hydrogens is 188 g/mol. The van der Waals surface area contributed by atoms with Gasteiger partial charge in [-0.25, -0.2) is 0 Å². The van der Waals surface area contributed by atoms with Crippen molar-refractivity contribution >= 4 is 23.7 Å². The molecule has 0 spiro atoms. The lowest BCUT2D eigenvalue weighted by molar-refractivity contribution is 0.101. The molecule has 0 N–H and O–H groups in total. The zero-order chi connectivity index (χ0) is 10.0. The number of benzene rings is 1. The topological polar surface area (TPSA) is 34.1 Å². The monoisotopic (exact) mass is 196 g/mol. The maximum atomic E-state index is 11.1. The third-order valence-corrected chi connectivity index (χ3v) is 2.14. The first-order valence-corrected chi connectivity index (χ1v) is 4.20. The second-order valence-corrected chi connectivity index (χ2v) is 3.28. The van der Waals surface area contributed by atoms with Crippen molar-refractivity contribution in [2.24, 2.45) is 0 Å². The van der Waals surface area contributed by atoms with Gasteiger partial charge in [0.05, 0.1) is 0 Å². The number of halogens is 1. The summed E-state index contributed by atoms with van der Waals surface area (Å²) >= 11 is 5.73. The fourth-order valence-corrected chi connectivity index (χ4v) is 1.41. The number of carbonyl (C=O) groups excluding carboxylic acids is 2. The third kappa shape index (κ3) is 1.95. The van der Waals surface area contributed by atoms with Gasteiger partial charge in [0.1, 0.15) is 6.29 Å². The molecule has 0 saturated carbocycles. The first kappa shape index (κ1) is 9.93. The Kier molecular flexibility index (Phi) is 2.83. The molecular formula is C10H9ClO2. The molecule has 68 valence electrons. The summed E-state index contributed by atoms with van der Waals surface area (Å²) in [5, 5.41) is 0.415. The lowest BCUT2D eigenvalue weighted by Gasteiger charge is -2.04. The van der Waals surface area contributed by atoms with Gasteiger partial charge in [-0.15, -0.1) is 0 Å². The molecule has 0 aliphatic rings. The van der Waals surface area contributed by atoms with Crippen molar-refractivity contribution in [3.8, 4) is 0 Å². The summed E-state index contributed by atoms with van der Waals surface area (Å²) in [6.07, 6.45) is 0.702. The molecule has 0 aliphatic heterocycles. The highest BCUT2D eigenvalue weighted by molar-refractivity contribution is 6.31. The van der Waals surface area contributed by atoms with Crippen molar-refractivity contribution in [2.75, 3.05) is 0 Å². The van der Waals surface area contributed by atoms with Gasteiger partial charge in [-0.05, 0) is 31.5 Å². The van der Waals surface area contributed by atoms with Crippen molar-refractivity contribution in [3.05, 3.63) is 33.8 Å². The van der Waals surface area contributed by atoms with Crippen LogP contribution in [0.4, 0.5) is 0 Å². The van der Waals surface area contributed by atoms with E-state index in [-0.39, 0.29) is 5.78 Å². The largest absolute Gasteiger partial charge is 0.298 e. The van der Waals surface area contributed by atoms with E-state index in [1.165, 1.54) is 6.92 Å². The van der Waals surface area contributed by atoms with E-state index < -0.39 is 0 Å². The Hall–Kier alpha value is -1.15. The summed E-state index contributed by atoms with van der Waals surface area (Å²) in [7, 11) is 0. The van der Waals surface area contributed by atoms with Crippen LogP contribution in [0.1, 0.15) is 33.2 Å². The minimum atomic E-state index is -0.0805. The fraction of sp³-hybridized carbons (Fsp3) is 0.200. The van der Waals surface area contributed by atoms with Crippen LogP contribution >= 0.6 is 11.6 Å². The van der Waals surface area contributed by atoms with E-state index in [0.717, 1.165) is 0 Å². The van der Waals surface area contributed by atoms with Gasteiger partial charge in [0.2, 0.25) is 0 Å². The van der Waals surface area contributed by atoms with E-state index in [0.29, 0.717) is 28.0 Å². The Labute approximate surface area is 81.5 Å².